The number of carbonyl (C=O) groups is 2. The lowest BCUT2D eigenvalue weighted by Crippen LogP contribution is -2.45. The van der Waals surface area contributed by atoms with Crippen molar-refractivity contribution in [1.29, 1.82) is 0 Å². The minimum atomic E-state index is -0.206. The first-order chi connectivity index (χ1) is 13.6. The highest BCUT2D eigenvalue weighted by Gasteiger charge is 2.20. The Morgan fingerprint density at radius 1 is 1.14 bits per heavy atom. The second-order valence-electron chi connectivity index (χ2n) is 7.06. The molecule has 0 radical (unpaired) electrons. The van der Waals surface area contributed by atoms with E-state index < -0.39 is 0 Å². The molecule has 0 bridgehead atoms. The van der Waals surface area contributed by atoms with Gasteiger partial charge in [0.15, 0.2) is 0 Å². The summed E-state index contributed by atoms with van der Waals surface area (Å²) in [5.74, 6) is -0.0559. The van der Waals surface area contributed by atoms with E-state index in [4.69, 9.17) is 0 Å². The van der Waals surface area contributed by atoms with Crippen LogP contribution in [0.4, 0.5) is 10.5 Å². The predicted octanol–water partition coefficient (Wildman–Crippen LogP) is 2.16. The molecular formula is C21H27N5O2. The summed E-state index contributed by atoms with van der Waals surface area (Å²) in [5.41, 5.74) is 2.76. The number of piperidine rings is 1. The first-order valence-electron chi connectivity index (χ1n) is 9.60. The molecule has 148 valence electrons. The number of nitrogens with one attached hydrogen (secondary N) is 3. The minimum absolute atomic E-state index is 0.0559. The van der Waals surface area contributed by atoms with Gasteiger partial charge in [0.25, 0.3) is 0 Å². The molecule has 3 amide bonds. The van der Waals surface area contributed by atoms with Crippen LogP contribution in [-0.2, 0) is 17.8 Å². The fourth-order valence-corrected chi connectivity index (χ4v) is 3.37. The van der Waals surface area contributed by atoms with Crippen molar-refractivity contribution in [2.45, 2.75) is 31.8 Å². The Bertz CT molecular complexity index is 788. The number of urea groups is 1. The van der Waals surface area contributed by atoms with Gasteiger partial charge in [-0.05, 0) is 42.2 Å². The van der Waals surface area contributed by atoms with Crippen molar-refractivity contribution < 1.29 is 9.59 Å². The Morgan fingerprint density at radius 3 is 2.64 bits per heavy atom. The van der Waals surface area contributed by atoms with Crippen LogP contribution in [0.3, 0.4) is 0 Å². The number of aromatic nitrogens is 1. The fourth-order valence-electron chi connectivity index (χ4n) is 3.37. The van der Waals surface area contributed by atoms with E-state index in [1.54, 1.807) is 13.2 Å². The van der Waals surface area contributed by atoms with Gasteiger partial charge in [-0.15, -0.1) is 0 Å². The highest BCUT2D eigenvalue weighted by Crippen LogP contribution is 2.15. The molecule has 7 nitrogen and oxygen atoms in total. The first-order valence-corrected chi connectivity index (χ1v) is 9.60. The van der Waals surface area contributed by atoms with Crippen LogP contribution in [0.2, 0.25) is 0 Å². The number of benzene rings is 1. The van der Waals surface area contributed by atoms with Crippen LogP contribution in [0.1, 0.15) is 24.0 Å². The number of amides is 3. The van der Waals surface area contributed by atoms with E-state index in [1.165, 1.54) is 5.56 Å². The molecule has 0 saturated carbocycles. The van der Waals surface area contributed by atoms with Crippen molar-refractivity contribution in [2.75, 3.05) is 25.5 Å². The van der Waals surface area contributed by atoms with E-state index in [0.717, 1.165) is 38.0 Å². The standard InChI is InChI=1S/C21H27N5O2/c1-22-20(27)13-16-4-2-6-19(12-16)25-21(28)24-18-7-10-26(11-8-18)15-17-5-3-9-23-14-17/h2-6,9,12,14,18H,7-8,10-11,13,15H2,1H3,(H,22,27)(H2,24,25,28). The lowest BCUT2D eigenvalue weighted by molar-refractivity contribution is -0.119. The van der Waals surface area contributed by atoms with Gasteiger partial charge in [-0.3, -0.25) is 14.7 Å². The SMILES string of the molecule is CNC(=O)Cc1cccc(NC(=O)NC2CCN(Cc3cccnc3)CC2)c1. The molecule has 2 heterocycles. The molecule has 0 unspecified atom stereocenters. The van der Waals surface area contributed by atoms with Crippen molar-refractivity contribution in [3.63, 3.8) is 0 Å². The summed E-state index contributed by atoms with van der Waals surface area (Å²) in [6.07, 6.45) is 5.82. The summed E-state index contributed by atoms with van der Waals surface area (Å²) in [7, 11) is 1.61. The number of rotatable bonds is 6. The van der Waals surface area contributed by atoms with E-state index >= 15 is 0 Å². The van der Waals surface area contributed by atoms with E-state index in [1.807, 2.05) is 36.5 Å². The molecule has 1 aliphatic rings. The topological polar surface area (TPSA) is 86.4 Å². The predicted molar refractivity (Wildman–Crippen MR) is 109 cm³/mol. The smallest absolute Gasteiger partial charge is 0.319 e. The van der Waals surface area contributed by atoms with Crippen LogP contribution in [0, 0.1) is 0 Å². The van der Waals surface area contributed by atoms with Crippen molar-refractivity contribution in [2.24, 2.45) is 0 Å². The number of anilines is 1. The highest BCUT2D eigenvalue weighted by molar-refractivity contribution is 5.89. The van der Waals surface area contributed by atoms with E-state index in [-0.39, 0.29) is 18.0 Å². The molecule has 1 aromatic carbocycles. The largest absolute Gasteiger partial charge is 0.359 e. The zero-order valence-corrected chi connectivity index (χ0v) is 16.1. The second kappa shape index (κ2) is 9.85. The Balaban J connectivity index is 1.43. The van der Waals surface area contributed by atoms with Crippen LogP contribution in [0.15, 0.2) is 48.8 Å². The summed E-state index contributed by atoms with van der Waals surface area (Å²) >= 11 is 0. The summed E-state index contributed by atoms with van der Waals surface area (Å²) in [6, 6.07) is 11.4. The Hall–Kier alpha value is -2.93. The molecule has 1 aliphatic heterocycles. The van der Waals surface area contributed by atoms with Gasteiger partial charge in [-0.25, -0.2) is 4.79 Å². The lowest BCUT2D eigenvalue weighted by Gasteiger charge is -2.32. The monoisotopic (exact) mass is 381 g/mol. The van der Waals surface area contributed by atoms with Crippen LogP contribution in [0.25, 0.3) is 0 Å². The normalized spacial score (nSPS) is 15.0. The number of carbonyl (C=O) groups excluding carboxylic acids is 2. The Labute approximate surface area is 165 Å². The number of pyridine rings is 1. The maximum atomic E-state index is 12.3. The number of likely N-dealkylation sites (tertiary alicyclic amines) is 1. The van der Waals surface area contributed by atoms with Crippen LogP contribution >= 0.6 is 0 Å². The molecular weight excluding hydrogens is 354 g/mol. The van der Waals surface area contributed by atoms with Gasteiger partial charge in [-0.1, -0.05) is 18.2 Å². The van der Waals surface area contributed by atoms with Gasteiger partial charge in [0.05, 0.1) is 6.42 Å². The summed E-state index contributed by atoms with van der Waals surface area (Å²) in [6.45, 7) is 2.79. The fraction of sp³-hybridized carbons (Fsp3) is 0.381. The molecule has 0 aliphatic carbocycles. The molecule has 2 aromatic rings. The molecule has 28 heavy (non-hydrogen) atoms. The second-order valence-corrected chi connectivity index (χ2v) is 7.06. The van der Waals surface area contributed by atoms with Crippen molar-refractivity contribution in [1.82, 2.24) is 20.5 Å². The van der Waals surface area contributed by atoms with Gasteiger partial charge >= 0.3 is 6.03 Å². The number of hydrogen-bond acceptors (Lipinski definition) is 4. The highest BCUT2D eigenvalue weighted by atomic mass is 16.2. The summed E-state index contributed by atoms with van der Waals surface area (Å²) in [4.78, 5) is 30.4. The van der Waals surface area contributed by atoms with Gasteiger partial charge in [-0.2, -0.15) is 0 Å². The first kappa shape index (κ1) is 19.8. The van der Waals surface area contributed by atoms with Crippen molar-refractivity contribution >= 4 is 17.6 Å². The molecule has 1 saturated heterocycles. The average molecular weight is 381 g/mol. The Kier molecular flexibility index (Phi) is 6.97. The quantitative estimate of drug-likeness (QED) is 0.716. The van der Waals surface area contributed by atoms with Gasteiger partial charge in [0.1, 0.15) is 0 Å². The van der Waals surface area contributed by atoms with Crippen molar-refractivity contribution in [3.05, 3.63) is 59.9 Å². The van der Waals surface area contributed by atoms with Crippen LogP contribution in [0.5, 0.6) is 0 Å². The molecule has 1 fully saturated rings. The summed E-state index contributed by atoms with van der Waals surface area (Å²) in [5, 5.41) is 8.52. The van der Waals surface area contributed by atoms with E-state index in [9.17, 15) is 9.59 Å². The lowest BCUT2D eigenvalue weighted by atomic mass is 10.0. The number of likely N-dealkylation sites (N-methyl/N-ethyl adjacent to an activating group) is 1. The third kappa shape index (κ3) is 6.06. The van der Waals surface area contributed by atoms with E-state index in [0.29, 0.717) is 12.1 Å². The molecule has 0 spiro atoms. The zero-order valence-electron chi connectivity index (χ0n) is 16.1. The number of nitrogens with zero attached hydrogens (tertiary/aromatic N) is 2. The third-order valence-corrected chi connectivity index (χ3v) is 4.88. The van der Waals surface area contributed by atoms with Gasteiger partial charge in [0, 0.05) is 50.8 Å². The molecule has 1 aromatic heterocycles. The van der Waals surface area contributed by atoms with E-state index in [2.05, 4.69) is 31.9 Å². The molecule has 0 atom stereocenters. The van der Waals surface area contributed by atoms with Crippen LogP contribution < -0.4 is 16.0 Å². The molecule has 7 heteroatoms. The summed E-state index contributed by atoms with van der Waals surface area (Å²) < 4.78 is 0. The van der Waals surface area contributed by atoms with Crippen molar-refractivity contribution in [3.8, 4) is 0 Å². The minimum Gasteiger partial charge on any atom is -0.359 e. The number of hydrogen-bond donors (Lipinski definition) is 3. The molecule has 3 rings (SSSR count). The maximum absolute atomic E-state index is 12.3. The molecule has 3 N–H and O–H groups in total. The Morgan fingerprint density at radius 2 is 1.93 bits per heavy atom. The van der Waals surface area contributed by atoms with Crippen LogP contribution in [-0.4, -0.2) is 48.0 Å². The zero-order chi connectivity index (χ0) is 19.8. The average Bonchev–Trinajstić information content (AvgIpc) is 2.70. The third-order valence-electron chi connectivity index (χ3n) is 4.88. The van der Waals surface area contributed by atoms with Gasteiger partial charge < -0.3 is 16.0 Å². The van der Waals surface area contributed by atoms with Gasteiger partial charge in [0.2, 0.25) is 5.91 Å². The maximum Gasteiger partial charge on any atom is 0.319 e.